The normalized spacial score (nSPS) is 11.3. The van der Waals surface area contributed by atoms with Gasteiger partial charge in [-0.15, -0.1) is 0 Å². The number of carbonyl (C=O) groups excluding carboxylic acids is 1. The van der Waals surface area contributed by atoms with Crippen molar-refractivity contribution in [3.63, 3.8) is 0 Å². The van der Waals surface area contributed by atoms with E-state index in [0.717, 1.165) is 13.0 Å². The second-order valence-corrected chi connectivity index (χ2v) is 4.59. The van der Waals surface area contributed by atoms with E-state index in [9.17, 15) is 4.79 Å². The topological polar surface area (TPSA) is 82.2 Å². The van der Waals surface area contributed by atoms with Crippen LogP contribution in [0.1, 0.15) is 27.2 Å². The summed E-state index contributed by atoms with van der Waals surface area (Å²) in [6.07, 6.45) is 4.48. The van der Waals surface area contributed by atoms with Crippen LogP contribution in [0.2, 0.25) is 0 Å². The lowest BCUT2D eigenvalue weighted by Gasteiger charge is -2.21. The number of hydrazine groups is 1. The van der Waals surface area contributed by atoms with Gasteiger partial charge < -0.3 is 4.74 Å². The highest BCUT2D eigenvalue weighted by atomic mass is 16.5. The molecule has 0 saturated heterocycles. The zero-order valence-electron chi connectivity index (χ0n) is 10.6. The second-order valence-electron chi connectivity index (χ2n) is 4.59. The summed E-state index contributed by atoms with van der Waals surface area (Å²) in [6.45, 7) is 6.73. The van der Waals surface area contributed by atoms with E-state index in [1.54, 1.807) is 20.0 Å². The molecule has 0 spiro atoms. The highest BCUT2D eigenvalue weighted by molar-refractivity contribution is 5.81. The van der Waals surface area contributed by atoms with Crippen LogP contribution >= 0.6 is 0 Å². The zero-order valence-corrected chi connectivity index (χ0v) is 10.6. The summed E-state index contributed by atoms with van der Waals surface area (Å²) in [6, 6.07) is 0. The molecule has 96 valence electrons. The molecule has 1 heterocycles. The Balaban J connectivity index is 2.51. The minimum Gasteiger partial charge on any atom is -0.489 e. The highest BCUT2D eigenvalue weighted by Gasteiger charge is 2.28. The molecule has 0 atom stereocenters. The summed E-state index contributed by atoms with van der Waals surface area (Å²) in [5.74, 6) is 5.51. The molecule has 0 bridgehead atoms. The summed E-state index contributed by atoms with van der Waals surface area (Å²) in [4.78, 5) is 11.4. The lowest BCUT2D eigenvalue weighted by atomic mass is 9.94. The van der Waals surface area contributed by atoms with Gasteiger partial charge in [-0.1, -0.05) is 6.92 Å². The van der Waals surface area contributed by atoms with E-state index in [0.29, 0.717) is 5.75 Å². The van der Waals surface area contributed by atoms with E-state index in [4.69, 9.17) is 10.6 Å². The summed E-state index contributed by atoms with van der Waals surface area (Å²) in [5.41, 5.74) is 1.46. The highest BCUT2D eigenvalue weighted by Crippen LogP contribution is 2.18. The molecule has 0 radical (unpaired) electrons. The van der Waals surface area contributed by atoms with E-state index in [2.05, 4.69) is 17.4 Å². The summed E-state index contributed by atoms with van der Waals surface area (Å²) < 4.78 is 7.33. The monoisotopic (exact) mass is 240 g/mol. The average Bonchev–Trinajstić information content (AvgIpc) is 2.74. The zero-order chi connectivity index (χ0) is 12.9. The third kappa shape index (κ3) is 3.74. The van der Waals surface area contributed by atoms with Crippen LogP contribution < -0.4 is 16.0 Å². The first-order valence-corrected chi connectivity index (χ1v) is 5.66. The summed E-state index contributed by atoms with van der Waals surface area (Å²) >= 11 is 0. The van der Waals surface area contributed by atoms with Crippen molar-refractivity contribution in [2.75, 3.05) is 6.61 Å². The van der Waals surface area contributed by atoms with E-state index < -0.39 is 5.41 Å². The molecule has 0 aliphatic carbocycles. The van der Waals surface area contributed by atoms with Gasteiger partial charge in [0, 0.05) is 6.54 Å². The first-order chi connectivity index (χ1) is 7.99. The molecule has 0 aliphatic rings. The molecule has 0 saturated carbocycles. The average molecular weight is 240 g/mol. The SMILES string of the molecule is CCCn1cc(OCC(C)(C)C(=O)NN)cn1. The number of aromatic nitrogens is 2. The Morgan fingerprint density at radius 1 is 1.65 bits per heavy atom. The molecule has 3 N–H and O–H groups in total. The van der Waals surface area contributed by atoms with Crippen LogP contribution in [0.5, 0.6) is 5.75 Å². The number of rotatable bonds is 6. The number of hydrogen-bond acceptors (Lipinski definition) is 4. The minimum atomic E-state index is -0.665. The molecule has 1 rings (SSSR count). The molecule has 6 heteroatoms. The number of nitrogens with one attached hydrogen (secondary N) is 1. The quantitative estimate of drug-likeness (QED) is 0.435. The predicted molar refractivity (Wildman–Crippen MR) is 64.1 cm³/mol. The molecule has 6 nitrogen and oxygen atoms in total. The number of hydrogen-bond donors (Lipinski definition) is 2. The Labute approximate surface area is 101 Å². The van der Waals surface area contributed by atoms with E-state index >= 15 is 0 Å². The number of ether oxygens (including phenoxy) is 1. The number of carbonyl (C=O) groups is 1. The largest absolute Gasteiger partial charge is 0.489 e. The number of aryl methyl sites for hydroxylation is 1. The molecule has 0 aromatic carbocycles. The van der Waals surface area contributed by atoms with Crippen molar-refractivity contribution in [1.29, 1.82) is 0 Å². The Morgan fingerprint density at radius 2 is 2.35 bits per heavy atom. The smallest absolute Gasteiger partial charge is 0.242 e. The Morgan fingerprint density at radius 3 is 2.94 bits per heavy atom. The maximum atomic E-state index is 11.4. The van der Waals surface area contributed by atoms with E-state index in [1.807, 2.05) is 10.9 Å². The number of nitrogens with two attached hydrogens (primary N) is 1. The first kappa shape index (κ1) is 13.5. The summed E-state index contributed by atoms with van der Waals surface area (Å²) in [7, 11) is 0. The van der Waals surface area contributed by atoms with Crippen LogP contribution in [0.4, 0.5) is 0 Å². The Kier molecular flexibility index (Phi) is 4.51. The third-order valence-electron chi connectivity index (χ3n) is 2.41. The number of nitrogens with zero attached hydrogens (tertiary/aromatic N) is 2. The van der Waals surface area contributed by atoms with Gasteiger partial charge in [0.2, 0.25) is 5.91 Å². The van der Waals surface area contributed by atoms with Crippen molar-refractivity contribution in [2.45, 2.75) is 33.7 Å². The predicted octanol–water partition coefficient (Wildman–Crippen LogP) is 0.688. The fraction of sp³-hybridized carbons (Fsp3) is 0.636. The Bertz CT molecular complexity index is 373. The third-order valence-corrected chi connectivity index (χ3v) is 2.41. The molecular weight excluding hydrogens is 220 g/mol. The fourth-order valence-corrected chi connectivity index (χ4v) is 1.30. The van der Waals surface area contributed by atoms with Crippen LogP contribution in [0.15, 0.2) is 12.4 Å². The van der Waals surface area contributed by atoms with Crippen molar-refractivity contribution in [3.8, 4) is 5.75 Å². The molecule has 0 aliphatic heterocycles. The molecule has 0 fully saturated rings. The van der Waals surface area contributed by atoms with E-state index in [-0.39, 0.29) is 12.5 Å². The van der Waals surface area contributed by atoms with Gasteiger partial charge in [0.05, 0.1) is 17.8 Å². The lowest BCUT2D eigenvalue weighted by Crippen LogP contribution is -2.44. The molecule has 1 aromatic rings. The van der Waals surface area contributed by atoms with Crippen molar-refractivity contribution in [3.05, 3.63) is 12.4 Å². The van der Waals surface area contributed by atoms with Gasteiger partial charge in [-0.05, 0) is 20.3 Å². The maximum Gasteiger partial charge on any atom is 0.242 e. The molecule has 1 aromatic heterocycles. The second kappa shape index (κ2) is 5.67. The van der Waals surface area contributed by atoms with Crippen molar-refractivity contribution in [1.82, 2.24) is 15.2 Å². The van der Waals surface area contributed by atoms with Crippen LogP contribution in [0, 0.1) is 5.41 Å². The molecule has 1 amide bonds. The number of amides is 1. The maximum absolute atomic E-state index is 11.4. The van der Waals surface area contributed by atoms with E-state index in [1.165, 1.54) is 0 Å². The summed E-state index contributed by atoms with van der Waals surface area (Å²) in [5, 5.41) is 4.14. The standard InChI is InChI=1S/C11H20N4O2/c1-4-5-15-7-9(6-13-15)17-8-11(2,3)10(16)14-12/h6-7H,4-5,8,12H2,1-3H3,(H,14,16). The first-order valence-electron chi connectivity index (χ1n) is 5.66. The molecule has 17 heavy (non-hydrogen) atoms. The van der Waals surface area contributed by atoms with Gasteiger partial charge in [-0.3, -0.25) is 14.9 Å². The lowest BCUT2D eigenvalue weighted by molar-refractivity contribution is -0.130. The van der Waals surface area contributed by atoms with Crippen molar-refractivity contribution >= 4 is 5.91 Å². The minimum absolute atomic E-state index is 0.251. The van der Waals surface area contributed by atoms with Gasteiger partial charge in [0.25, 0.3) is 0 Å². The van der Waals surface area contributed by atoms with Gasteiger partial charge in [0.1, 0.15) is 6.61 Å². The van der Waals surface area contributed by atoms with Gasteiger partial charge in [-0.2, -0.15) is 5.10 Å². The van der Waals surface area contributed by atoms with Crippen LogP contribution in [0.3, 0.4) is 0 Å². The van der Waals surface area contributed by atoms with Crippen LogP contribution in [0.25, 0.3) is 0 Å². The van der Waals surface area contributed by atoms with Crippen molar-refractivity contribution in [2.24, 2.45) is 11.3 Å². The molecular formula is C11H20N4O2. The fourth-order valence-electron chi connectivity index (χ4n) is 1.30. The van der Waals surface area contributed by atoms with Crippen molar-refractivity contribution < 1.29 is 9.53 Å². The van der Waals surface area contributed by atoms with Gasteiger partial charge in [-0.25, -0.2) is 5.84 Å². The van der Waals surface area contributed by atoms with Gasteiger partial charge in [0.15, 0.2) is 5.75 Å². The molecule has 0 unspecified atom stereocenters. The van der Waals surface area contributed by atoms with Crippen LogP contribution in [-0.4, -0.2) is 22.3 Å². The Hall–Kier alpha value is -1.56. The van der Waals surface area contributed by atoms with Crippen LogP contribution in [-0.2, 0) is 11.3 Å². The van der Waals surface area contributed by atoms with Gasteiger partial charge >= 0.3 is 0 Å².